The molecule has 0 fully saturated rings. The molecule has 1 aliphatic heterocycles. The molecule has 1 atom stereocenters. The van der Waals surface area contributed by atoms with Gasteiger partial charge in [0, 0.05) is 21.4 Å². The zero-order valence-electron chi connectivity index (χ0n) is 11.1. The van der Waals surface area contributed by atoms with Crippen LogP contribution >= 0.6 is 23.4 Å². The molecule has 2 aromatic carbocycles. The summed E-state index contributed by atoms with van der Waals surface area (Å²) in [6, 6.07) is 11.2. The van der Waals surface area contributed by atoms with Crippen molar-refractivity contribution < 1.29 is 4.39 Å². The van der Waals surface area contributed by atoms with E-state index in [1.54, 1.807) is 17.8 Å². The predicted molar refractivity (Wildman–Crippen MR) is 84.3 cm³/mol. The van der Waals surface area contributed by atoms with Crippen molar-refractivity contribution in [3.8, 4) is 0 Å². The predicted octanol–water partition coefficient (Wildman–Crippen LogP) is 5.44. The number of anilines is 1. The van der Waals surface area contributed by atoms with Crippen LogP contribution in [0.15, 0.2) is 41.3 Å². The average molecular weight is 308 g/mol. The highest BCUT2D eigenvalue weighted by Gasteiger charge is 2.23. The maximum Gasteiger partial charge on any atom is 0.137 e. The number of benzene rings is 2. The van der Waals surface area contributed by atoms with Crippen molar-refractivity contribution >= 4 is 29.1 Å². The number of nitrogens with one attached hydrogen (secondary N) is 1. The Bertz CT molecular complexity index is 644. The highest BCUT2D eigenvalue weighted by atomic mass is 35.5. The molecule has 0 aromatic heterocycles. The van der Waals surface area contributed by atoms with Crippen LogP contribution in [-0.2, 0) is 0 Å². The molecule has 1 N–H and O–H groups in total. The number of hydrogen-bond donors (Lipinski definition) is 1. The smallest absolute Gasteiger partial charge is 0.137 e. The molecule has 3 rings (SSSR count). The van der Waals surface area contributed by atoms with E-state index in [-0.39, 0.29) is 11.9 Å². The van der Waals surface area contributed by atoms with Crippen molar-refractivity contribution in [2.24, 2.45) is 0 Å². The molecule has 0 aliphatic carbocycles. The summed E-state index contributed by atoms with van der Waals surface area (Å²) < 4.78 is 13.9. The molecule has 0 saturated carbocycles. The lowest BCUT2D eigenvalue weighted by Gasteiger charge is -2.27. The summed E-state index contributed by atoms with van der Waals surface area (Å²) >= 11 is 7.65. The van der Waals surface area contributed by atoms with Gasteiger partial charge in [0.25, 0.3) is 0 Å². The van der Waals surface area contributed by atoms with E-state index >= 15 is 0 Å². The van der Waals surface area contributed by atoms with Gasteiger partial charge in [0.2, 0.25) is 0 Å². The summed E-state index contributed by atoms with van der Waals surface area (Å²) in [5.41, 5.74) is 3.20. The minimum absolute atomic E-state index is 0.123. The molecule has 1 heterocycles. The molecule has 1 unspecified atom stereocenters. The quantitative estimate of drug-likeness (QED) is 0.793. The number of halogens is 2. The van der Waals surface area contributed by atoms with Crippen LogP contribution in [0.4, 0.5) is 10.1 Å². The summed E-state index contributed by atoms with van der Waals surface area (Å²) in [4.78, 5) is 0.774. The topological polar surface area (TPSA) is 12.0 Å². The third-order valence-corrected chi connectivity index (χ3v) is 4.95. The molecule has 0 saturated heterocycles. The zero-order chi connectivity index (χ0) is 14.1. The van der Waals surface area contributed by atoms with Gasteiger partial charge >= 0.3 is 0 Å². The minimum Gasteiger partial charge on any atom is -0.378 e. The number of thioether (sulfide) groups is 1. The fourth-order valence-corrected chi connectivity index (χ4v) is 3.79. The molecule has 1 nitrogen and oxygen atoms in total. The Kier molecular flexibility index (Phi) is 3.90. The molecular weight excluding hydrogens is 293 g/mol. The Morgan fingerprint density at radius 3 is 3.00 bits per heavy atom. The van der Waals surface area contributed by atoms with E-state index < -0.39 is 0 Å². The Morgan fingerprint density at radius 2 is 2.15 bits per heavy atom. The second-order valence-electron chi connectivity index (χ2n) is 4.95. The van der Waals surface area contributed by atoms with Crippen LogP contribution in [0.5, 0.6) is 0 Å². The van der Waals surface area contributed by atoms with E-state index in [1.165, 1.54) is 6.07 Å². The summed E-state index contributed by atoms with van der Waals surface area (Å²) in [7, 11) is 0. The minimum atomic E-state index is -0.123. The van der Waals surface area contributed by atoms with Crippen molar-refractivity contribution in [2.75, 3.05) is 11.1 Å². The lowest BCUT2D eigenvalue weighted by Crippen LogP contribution is -2.17. The van der Waals surface area contributed by atoms with Gasteiger partial charge in [-0.25, -0.2) is 4.39 Å². The molecule has 0 amide bonds. The van der Waals surface area contributed by atoms with E-state index in [4.69, 9.17) is 11.6 Å². The number of hydrogen-bond acceptors (Lipinski definition) is 2. The van der Waals surface area contributed by atoms with Gasteiger partial charge in [-0.15, -0.1) is 11.8 Å². The summed E-state index contributed by atoms with van der Waals surface area (Å²) in [5, 5.41) is 4.22. The summed E-state index contributed by atoms with van der Waals surface area (Å²) in [6.45, 7) is 2.04. The molecule has 20 heavy (non-hydrogen) atoms. The molecule has 0 spiro atoms. The second kappa shape index (κ2) is 5.66. The number of rotatable bonds is 2. The second-order valence-corrected chi connectivity index (χ2v) is 6.49. The van der Waals surface area contributed by atoms with Crippen molar-refractivity contribution in [1.82, 2.24) is 0 Å². The SMILES string of the molecule is Cc1ccc(Cl)cc1NC1CCSc2c(F)cccc21. The summed E-state index contributed by atoms with van der Waals surface area (Å²) in [5.74, 6) is 0.799. The molecule has 0 radical (unpaired) electrons. The molecule has 104 valence electrons. The van der Waals surface area contributed by atoms with Gasteiger partial charge in [0.1, 0.15) is 5.82 Å². The van der Waals surface area contributed by atoms with E-state index in [0.717, 1.165) is 33.9 Å². The lowest BCUT2D eigenvalue weighted by molar-refractivity contribution is 0.585. The molecular formula is C16H15ClFNS. The largest absolute Gasteiger partial charge is 0.378 e. The van der Waals surface area contributed by atoms with Crippen molar-refractivity contribution in [3.05, 3.63) is 58.4 Å². The Labute approximate surface area is 127 Å². The fraction of sp³-hybridized carbons (Fsp3) is 0.250. The summed E-state index contributed by atoms with van der Waals surface area (Å²) in [6.07, 6.45) is 0.979. The van der Waals surface area contributed by atoms with Gasteiger partial charge in [-0.3, -0.25) is 0 Å². The average Bonchev–Trinajstić information content (AvgIpc) is 2.44. The van der Waals surface area contributed by atoms with Gasteiger partial charge < -0.3 is 5.32 Å². The Hall–Kier alpha value is -1.19. The van der Waals surface area contributed by atoms with Gasteiger partial charge in [0.05, 0.1) is 6.04 Å². The monoisotopic (exact) mass is 307 g/mol. The first-order valence-corrected chi connectivity index (χ1v) is 7.95. The van der Waals surface area contributed by atoms with Crippen molar-refractivity contribution in [2.45, 2.75) is 24.3 Å². The maximum atomic E-state index is 13.9. The molecule has 2 aromatic rings. The molecule has 4 heteroatoms. The van der Waals surface area contributed by atoms with E-state index in [2.05, 4.69) is 5.32 Å². The fourth-order valence-electron chi connectivity index (χ4n) is 2.47. The normalized spacial score (nSPS) is 17.6. The Balaban J connectivity index is 1.94. The first kappa shape index (κ1) is 13.8. The molecule has 0 bridgehead atoms. The van der Waals surface area contributed by atoms with Gasteiger partial charge in [0.15, 0.2) is 0 Å². The van der Waals surface area contributed by atoms with Crippen LogP contribution in [-0.4, -0.2) is 5.75 Å². The third kappa shape index (κ3) is 2.65. The van der Waals surface area contributed by atoms with Crippen molar-refractivity contribution in [1.29, 1.82) is 0 Å². The number of fused-ring (bicyclic) bond motifs is 1. The lowest BCUT2D eigenvalue weighted by atomic mass is 10.0. The van der Waals surface area contributed by atoms with E-state index in [0.29, 0.717) is 5.02 Å². The van der Waals surface area contributed by atoms with Crippen LogP contribution in [0, 0.1) is 12.7 Å². The Morgan fingerprint density at radius 1 is 1.30 bits per heavy atom. The van der Waals surface area contributed by atoms with Crippen molar-refractivity contribution in [3.63, 3.8) is 0 Å². The first-order chi connectivity index (χ1) is 9.65. The van der Waals surface area contributed by atoms with E-state index in [9.17, 15) is 4.39 Å². The maximum absolute atomic E-state index is 13.9. The highest BCUT2D eigenvalue weighted by molar-refractivity contribution is 7.99. The van der Waals surface area contributed by atoms with Gasteiger partial charge in [-0.2, -0.15) is 0 Å². The molecule has 1 aliphatic rings. The number of aryl methyl sites for hydroxylation is 1. The van der Waals surface area contributed by atoms with Crippen LogP contribution < -0.4 is 5.32 Å². The van der Waals surface area contributed by atoms with Crippen LogP contribution in [0.25, 0.3) is 0 Å². The highest BCUT2D eigenvalue weighted by Crippen LogP contribution is 2.39. The van der Waals surface area contributed by atoms with Crippen LogP contribution in [0.1, 0.15) is 23.6 Å². The van der Waals surface area contributed by atoms with Crippen LogP contribution in [0.3, 0.4) is 0 Å². The van der Waals surface area contributed by atoms with E-state index in [1.807, 2.05) is 31.2 Å². The standard InChI is InChI=1S/C16H15ClFNS/c1-10-5-6-11(17)9-15(10)19-14-7-8-20-16-12(14)3-2-4-13(16)18/h2-6,9,14,19H,7-8H2,1H3. The first-order valence-electron chi connectivity index (χ1n) is 6.59. The van der Waals surface area contributed by atoms with Gasteiger partial charge in [-0.05, 0) is 42.7 Å². The van der Waals surface area contributed by atoms with Crippen LogP contribution in [0.2, 0.25) is 5.02 Å². The van der Waals surface area contributed by atoms with Gasteiger partial charge in [-0.1, -0.05) is 29.8 Å². The zero-order valence-corrected chi connectivity index (χ0v) is 12.7. The third-order valence-electron chi connectivity index (χ3n) is 3.56.